The molecule has 6 rings (SSSR count). The molecule has 0 bridgehead atoms. The van der Waals surface area contributed by atoms with Crippen molar-refractivity contribution in [3.8, 4) is 0 Å². The zero-order valence-electron chi connectivity index (χ0n) is 25.4. The van der Waals surface area contributed by atoms with Crippen LogP contribution in [-0.2, 0) is 31.8 Å². The molecule has 1 N–H and O–H groups in total. The molecule has 0 aliphatic carbocycles. The SMILES string of the molecule is CN1Cc2cc(Nc3ncc4c(n3)N(c3cccc(N=S(C)(C)=O)n3)[C@H]3CC(C)(C)OC[C@@]43C)ccc2C(C)(C)C1. The van der Waals surface area contributed by atoms with Crippen molar-refractivity contribution < 1.29 is 8.95 Å². The molecule has 1 fully saturated rings. The highest BCUT2D eigenvalue weighted by Crippen LogP contribution is 2.53. The van der Waals surface area contributed by atoms with E-state index in [9.17, 15) is 4.21 Å². The molecule has 1 saturated heterocycles. The second-order valence-corrected chi connectivity index (χ2v) is 16.2. The largest absolute Gasteiger partial charge is 0.374 e. The Kier molecular flexibility index (Phi) is 6.48. The molecule has 41 heavy (non-hydrogen) atoms. The first kappa shape index (κ1) is 28.1. The molecular weight excluding hydrogens is 534 g/mol. The first-order valence-corrected chi connectivity index (χ1v) is 16.5. The van der Waals surface area contributed by atoms with Crippen LogP contribution < -0.4 is 10.2 Å². The number of likely N-dealkylation sites (N-methyl/N-ethyl adjacent to an activating group) is 1. The minimum atomic E-state index is -2.36. The predicted molar refractivity (Wildman–Crippen MR) is 165 cm³/mol. The van der Waals surface area contributed by atoms with Crippen LogP contribution >= 0.6 is 0 Å². The monoisotopic (exact) mass is 575 g/mol. The van der Waals surface area contributed by atoms with Gasteiger partial charge < -0.3 is 19.9 Å². The maximum Gasteiger partial charge on any atom is 0.229 e. The normalized spacial score (nSPS) is 24.8. The van der Waals surface area contributed by atoms with Gasteiger partial charge in [-0.1, -0.05) is 32.9 Å². The predicted octanol–water partition coefficient (Wildman–Crippen LogP) is 5.67. The Balaban J connectivity index is 1.41. The van der Waals surface area contributed by atoms with Gasteiger partial charge in [-0.2, -0.15) is 9.35 Å². The van der Waals surface area contributed by atoms with E-state index >= 15 is 0 Å². The summed E-state index contributed by atoms with van der Waals surface area (Å²) in [5, 5.41) is 3.47. The average Bonchev–Trinajstić information content (AvgIpc) is 3.09. The third kappa shape index (κ3) is 5.21. The summed E-state index contributed by atoms with van der Waals surface area (Å²) in [6.07, 6.45) is 5.97. The topological polar surface area (TPSA) is 95.8 Å². The van der Waals surface area contributed by atoms with Crippen LogP contribution in [0.25, 0.3) is 0 Å². The van der Waals surface area contributed by atoms with Gasteiger partial charge in [-0.3, -0.25) is 0 Å². The third-order valence-corrected chi connectivity index (χ3v) is 9.21. The molecule has 0 amide bonds. The Morgan fingerprint density at radius 1 is 1.07 bits per heavy atom. The van der Waals surface area contributed by atoms with E-state index in [0.29, 0.717) is 18.4 Å². The van der Waals surface area contributed by atoms with Crippen molar-refractivity contribution in [1.29, 1.82) is 0 Å². The van der Waals surface area contributed by atoms with Crippen molar-refractivity contribution >= 4 is 38.8 Å². The highest BCUT2D eigenvalue weighted by molar-refractivity contribution is 7.92. The Morgan fingerprint density at radius 2 is 1.85 bits per heavy atom. The molecule has 218 valence electrons. The average molecular weight is 576 g/mol. The molecule has 3 aliphatic heterocycles. The number of ether oxygens (including phenoxy) is 1. The minimum Gasteiger partial charge on any atom is -0.374 e. The van der Waals surface area contributed by atoms with Gasteiger partial charge in [0.2, 0.25) is 5.95 Å². The number of hydrogen-bond acceptors (Lipinski definition) is 9. The molecule has 0 spiro atoms. The summed E-state index contributed by atoms with van der Waals surface area (Å²) in [7, 11) is -0.185. The molecule has 3 aliphatic rings. The number of benzene rings is 1. The molecule has 0 radical (unpaired) electrons. The Labute approximate surface area is 243 Å². The van der Waals surface area contributed by atoms with Gasteiger partial charge in [-0.05, 0) is 62.7 Å². The fourth-order valence-electron chi connectivity index (χ4n) is 6.78. The number of nitrogens with zero attached hydrogens (tertiary/aromatic N) is 6. The number of pyridine rings is 1. The lowest BCUT2D eigenvalue weighted by atomic mass is 9.73. The summed E-state index contributed by atoms with van der Waals surface area (Å²) in [6.45, 7) is 13.6. The van der Waals surface area contributed by atoms with Crippen LogP contribution in [0.2, 0.25) is 0 Å². The van der Waals surface area contributed by atoms with Crippen LogP contribution in [0.15, 0.2) is 47.0 Å². The number of nitrogens with one attached hydrogen (secondary N) is 1. The number of aromatic nitrogens is 3. The number of hydrogen-bond donors (Lipinski definition) is 1. The van der Waals surface area contributed by atoms with E-state index in [1.807, 2.05) is 18.3 Å². The minimum absolute atomic E-state index is 0.0580. The summed E-state index contributed by atoms with van der Waals surface area (Å²) in [5.74, 6) is 2.53. The Morgan fingerprint density at radius 3 is 2.61 bits per heavy atom. The molecular formula is C31H41N7O2S. The van der Waals surface area contributed by atoms with Crippen LogP contribution in [0, 0.1) is 0 Å². The molecule has 2 aromatic heterocycles. The lowest BCUT2D eigenvalue weighted by Crippen LogP contribution is -2.54. The molecule has 0 saturated carbocycles. The van der Waals surface area contributed by atoms with Crippen LogP contribution in [0.1, 0.15) is 57.7 Å². The summed E-state index contributed by atoms with van der Waals surface area (Å²) >= 11 is 0. The Bertz CT molecular complexity index is 1640. The van der Waals surface area contributed by atoms with E-state index in [1.165, 1.54) is 11.1 Å². The zero-order valence-corrected chi connectivity index (χ0v) is 26.2. The molecule has 9 nitrogen and oxygen atoms in total. The van der Waals surface area contributed by atoms with Gasteiger partial charge in [0.05, 0.1) is 18.2 Å². The molecule has 3 aromatic rings. The zero-order chi connectivity index (χ0) is 29.4. The molecule has 10 heteroatoms. The van der Waals surface area contributed by atoms with E-state index < -0.39 is 9.73 Å². The van der Waals surface area contributed by atoms with Crippen LogP contribution in [0.3, 0.4) is 0 Å². The quantitative estimate of drug-likeness (QED) is 0.425. The van der Waals surface area contributed by atoms with Gasteiger partial charge in [0.1, 0.15) is 11.6 Å². The number of anilines is 4. The van der Waals surface area contributed by atoms with E-state index in [-0.39, 0.29) is 22.5 Å². The Hall–Kier alpha value is -3.08. The van der Waals surface area contributed by atoms with Crippen LogP contribution in [0.5, 0.6) is 0 Å². The molecule has 5 heterocycles. The van der Waals surface area contributed by atoms with Crippen molar-refractivity contribution in [2.75, 3.05) is 42.9 Å². The fourth-order valence-corrected chi connectivity index (χ4v) is 7.33. The maximum atomic E-state index is 12.4. The van der Waals surface area contributed by atoms with Gasteiger partial charge >= 0.3 is 0 Å². The smallest absolute Gasteiger partial charge is 0.229 e. The highest BCUT2D eigenvalue weighted by atomic mass is 32.2. The second-order valence-electron chi connectivity index (χ2n) is 13.7. The number of rotatable bonds is 4. The van der Waals surface area contributed by atoms with Crippen molar-refractivity contribution in [2.24, 2.45) is 4.36 Å². The molecule has 2 atom stereocenters. The van der Waals surface area contributed by atoms with E-state index in [2.05, 4.69) is 79.3 Å². The summed E-state index contributed by atoms with van der Waals surface area (Å²) in [5.41, 5.74) is 4.20. The third-order valence-electron chi connectivity index (χ3n) is 8.58. The van der Waals surface area contributed by atoms with Gasteiger partial charge in [-0.15, -0.1) is 0 Å². The summed E-state index contributed by atoms with van der Waals surface area (Å²) < 4.78 is 23.2. The highest BCUT2D eigenvalue weighted by Gasteiger charge is 2.55. The first-order chi connectivity index (χ1) is 19.1. The van der Waals surface area contributed by atoms with Gasteiger partial charge in [-0.25, -0.2) is 14.2 Å². The van der Waals surface area contributed by atoms with Gasteiger partial charge in [0.15, 0.2) is 5.82 Å². The van der Waals surface area contributed by atoms with Crippen LogP contribution in [0.4, 0.5) is 29.1 Å². The molecule has 0 unspecified atom stereocenters. The standard InChI is InChI=1S/C31H41N7O2S/c1-29(2)18-37(6)17-20-14-21(12-13-22(20)29)33-28-32-16-23-27(35-28)38(24-15-30(3,4)40-19-31(23,24)5)26-11-9-10-25(34-26)36-41(7,8)39/h9-14,16,24H,15,17-19H2,1-8H3,(H,32,33,35)/t24-,31-/m0/s1. The lowest BCUT2D eigenvalue weighted by molar-refractivity contribution is -0.0893. The van der Waals surface area contributed by atoms with Crippen molar-refractivity contribution in [2.45, 2.75) is 70.1 Å². The second kappa shape index (κ2) is 9.47. The van der Waals surface area contributed by atoms with Crippen LogP contribution in [-0.4, -0.2) is 68.4 Å². The summed E-state index contributed by atoms with van der Waals surface area (Å²) in [4.78, 5) is 19.3. The maximum absolute atomic E-state index is 12.4. The van der Waals surface area contributed by atoms with Crippen molar-refractivity contribution in [3.05, 3.63) is 59.3 Å². The van der Waals surface area contributed by atoms with Gasteiger partial charge in [0, 0.05) is 63.6 Å². The van der Waals surface area contributed by atoms with Crippen molar-refractivity contribution in [1.82, 2.24) is 19.9 Å². The molecule has 1 aromatic carbocycles. The lowest BCUT2D eigenvalue weighted by Gasteiger charge is -2.46. The fraction of sp³-hybridized carbons (Fsp3) is 0.516. The first-order valence-electron chi connectivity index (χ1n) is 14.2. The van der Waals surface area contributed by atoms with E-state index in [1.54, 1.807) is 18.6 Å². The van der Waals surface area contributed by atoms with E-state index in [0.717, 1.165) is 42.4 Å². The summed E-state index contributed by atoms with van der Waals surface area (Å²) in [6, 6.07) is 12.3. The van der Waals surface area contributed by atoms with E-state index in [4.69, 9.17) is 19.7 Å². The van der Waals surface area contributed by atoms with Gasteiger partial charge in [0.25, 0.3) is 0 Å². The number of fused-ring (bicyclic) bond motifs is 4. The van der Waals surface area contributed by atoms with Crippen molar-refractivity contribution in [3.63, 3.8) is 0 Å².